The van der Waals surface area contributed by atoms with E-state index < -0.39 is 0 Å². The molecule has 1 saturated heterocycles. The quantitative estimate of drug-likeness (QED) is 0.456. The number of hydrogen-bond acceptors (Lipinski definition) is 5. The van der Waals surface area contributed by atoms with Crippen molar-refractivity contribution in [1.29, 1.82) is 0 Å². The summed E-state index contributed by atoms with van der Waals surface area (Å²) in [5, 5.41) is 0. The minimum absolute atomic E-state index is 0.0255. The van der Waals surface area contributed by atoms with Gasteiger partial charge in [0, 0.05) is 38.5 Å². The van der Waals surface area contributed by atoms with E-state index in [4.69, 9.17) is 4.74 Å². The fraction of sp³-hybridized carbons (Fsp3) is 0.565. The van der Waals surface area contributed by atoms with Crippen LogP contribution in [-0.2, 0) is 25.5 Å². The highest BCUT2D eigenvalue weighted by Gasteiger charge is 2.29. The molecule has 0 radical (unpaired) electrons. The van der Waals surface area contributed by atoms with Crippen molar-refractivity contribution in [1.82, 2.24) is 9.80 Å². The van der Waals surface area contributed by atoms with E-state index in [1.54, 1.807) is 31.0 Å². The molecule has 0 atom stereocenters. The molecule has 1 aromatic carbocycles. The van der Waals surface area contributed by atoms with Crippen LogP contribution in [0.5, 0.6) is 0 Å². The Kier molecular flexibility index (Phi) is 9.02. The molecule has 1 fully saturated rings. The van der Waals surface area contributed by atoms with Crippen molar-refractivity contribution >= 4 is 23.6 Å². The van der Waals surface area contributed by atoms with E-state index in [0.717, 1.165) is 12.0 Å². The first-order valence-corrected chi connectivity index (χ1v) is 10.7. The Morgan fingerprint density at radius 1 is 1.03 bits per heavy atom. The average molecular weight is 417 g/mol. The van der Waals surface area contributed by atoms with Gasteiger partial charge in [0.05, 0.1) is 19.1 Å². The first-order chi connectivity index (χ1) is 14.3. The summed E-state index contributed by atoms with van der Waals surface area (Å²) in [6.07, 6.45) is 2.25. The van der Waals surface area contributed by atoms with E-state index in [2.05, 4.69) is 6.92 Å². The van der Waals surface area contributed by atoms with Crippen LogP contribution in [0, 0.1) is 5.92 Å². The summed E-state index contributed by atoms with van der Waals surface area (Å²) in [7, 11) is 1.58. The number of ketones is 1. The van der Waals surface area contributed by atoms with E-state index in [9.17, 15) is 19.2 Å². The number of piperidine rings is 1. The number of benzene rings is 1. The van der Waals surface area contributed by atoms with E-state index in [0.29, 0.717) is 38.1 Å². The molecule has 1 aliphatic heterocycles. The summed E-state index contributed by atoms with van der Waals surface area (Å²) in [5.41, 5.74) is 1.76. The highest BCUT2D eigenvalue weighted by Crippen LogP contribution is 2.19. The number of nitrogens with zero attached hydrogens (tertiary/aromatic N) is 2. The number of Topliss-reactive ketones (excluding diaryl/α,β-unsaturated/α-hetero) is 1. The largest absolute Gasteiger partial charge is 0.466 e. The summed E-state index contributed by atoms with van der Waals surface area (Å²) >= 11 is 0. The number of amides is 2. The Morgan fingerprint density at radius 2 is 1.67 bits per heavy atom. The van der Waals surface area contributed by atoms with Crippen LogP contribution in [0.4, 0.5) is 0 Å². The maximum Gasteiger partial charge on any atom is 0.309 e. The molecule has 0 N–H and O–H groups in total. The van der Waals surface area contributed by atoms with Gasteiger partial charge in [0.1, 0.15) is 0 Å². The van der Waals surface area contributed by atoms with Gasteiger partial charge in [-0.2, -0.15) is 0 Å². The molecular formula is C23H32N2O5. The molecule has 0 bridgehead atoms. The second kappa shape index (κ2) is 11.5. The number of carbonyl (C=O) groups excluding carboxylic acids is 4. The standard InChI is InChI=1S/C23H32N2O5/c1-4-17-6-8-18(9-7-17)20(26)10-11-21(27)24(3)16-22(28)25-14-12-19(13-15-25)23(29)30-5-2/h6-9,19H,4-5,10-16H2,1-3H3. The third kappa shape index (κ3) is 6.68. The molecule has 0 saturated carbocycles. The lowest BCUT2D eigenvalue weighted by Crippen LogP contribution is -2.45. The van der Waals surface area contributed by atoms with Gasteiger partial charge in [0.15, 0.2) is 5.78 Å². The molecule has 7 heteroatoms. The summed E-state index contributed by atoms with van der Waals surface area (Å²) < 4.78 is 5.04. The van der Waals surface area contributed by atoms with Crippen LogP contribution in [0.3, 0.4) is 0 Å². The Balaban J connectivity index is 1.75. The Morgan fingerprint density at radius 3 is 2.23 bits per heavy atom. The molecule has 7 nitrogen and oxygen atoms in total. The molecule has 30 heavy (non-hydrogen) atoms. The number of rotatable bonds is 9. The molecule has 164 valence electrons. The van der Waals surface area contributed by atoms with Crippen molar-refractivity contribution in [2.45, 2.75) is 46.0 Å². The number of likely N-dealkylation sites (tertiary alicyclic amines) is 1. The molecule has 0 aromatic heterocycles. The predicted octanol–water partition coefficient (Wildman–Crippen LogP) is 2.47. The van der Waals surface area contributed by atoms with Crippen molar-refractivity contribution in [3.63, 3.8) is 0 Å². The molecule has 1 aliphatic rings. The monoisotopic (exact) mass is 416 g/mol. The number of ether oxygens (including phenoxy) is 1. The smallest absolute Gasteiger partial charge is 0.309 e. The molecule has 1 heterocycles. The van der Waals surface area contributed by atoms with Crippen LogP contribution >= 0.6 is 0 Å². The van der Waals surface area contributed by atoms with Gasteiger partial charge in [0.25, 0.3) is 0 Å². The van der Waals surface area contributed by atoms with Crippen molar-refractivity contribution in [3.8, 4) is 0 Å². The second-order valence-electron chi connectivity index (χ2n) is 7.63. The van der Waals surface area contributed by atoms with Gasteiger partial charge in [-0.05, 0) is 31.7 Å². The molecule has 1 aromatic rings. The van der Waals surface area contributed by atoms with Crippen molar-refractivity contribution < 1.29 is 23.9 Å². The second-order valence-corrected chi connectivity index (χ2v) is 7.63. The van der Waals surface area contributed by atoms with Crippen molar-refractivity contribution in [2.75, 3.05) is 33.3 Å². The number of likely N-dealkylation sites (N-methyl/N-ethyl adjacent to an activating group) is 1. The van der Waals surface area contributed by atoms with E-state index in [1.165, 1.54) is 4.90 Å². The lowest BCUT2D eigenvalue weighted by atomic mass is 9.97. The number of esters is 1. The summed E-state index contributed by atoms with van der Waals surface area (Å²) in [5.74, 6) is -0.818. The fourth-order valence-corrected chi connectivity index (χ4v) is 3.50. The molecule has 2 rings (SSSR count). The van der Waals surface area contributed by atoms with E-state index >= 15 is 0 Å². The zero-order valence-electron chi connectivity index (χ0n) is 18.2. The SMILES string of the molecule is CCOC(=O)C1CCN(C(=O)CN(C)C(=O)CCC(=O)c2ccc(CC)cc2)CC1. The summed E-state index contributed by atoms with van der Waals surface area (Å²) in [6.45, 7) is 5.13. The first-order valence-electron chi connectivity index (χ1n) is 10.7. The number of carbonyl (C=O) groups is 4. The maximum atomic E-state index is 12.5. The highest BCUT2D eigenvalue weighted by molar-refractivity contribution is 5.98. The van der Waals surface area contributed by atoms with Gasteiger partial charge in [-0.1, -0.05) is 31.2 Å². The molecular weight excluding hydrogens is 384 g/mol. The minimum atomic E-state index is -0.233. The molecule has 0 aliphatic carbocycles. The van der Waals surface area contributed by atoms with Crippen molar-refractivity contribution in [2.24, 2.45) is 5.92 Å². The third-order valence-electron chi connectivity index (χ3n) is 5.52. The van der Waals surface area contributed by atoms with Crippen LogP contribution in [0.1, 0.15) is 55.5 Å². The lowest BCUT2D eigenvalue weighted by Gasteiger charge is -2.32. The lowest BCUT2D eigenvalue weighted by molar-refractivity contribution is -0.151. The van der Waals surface area contributed by atoms with Crippen LogP contribution in [0.15, 0.2) is 24.3 Å². The minimum Gasteiger partial charge on any atom is -0.466 e. The van der Waals surface area contributed by atoms with Gasteiger partial charge >= 0.3 is 5.97 Å². The van der Waals surface area contributed by atoms with Gasteiger partial charge in [-0.3, -0.25) is 19.2 Å². The van der Waals surface area contributed by atoms with Gasteiger partial charge < -0.3 is 14.5 Å². The van der Waals surface area contributed by atoms with Crippen LogP contribution in [0.2, 0.25) is 0 Å². The van der Waals surface area contributed by atoms with E-state index in [1.807, 2.05) is 12.1 Å². The third-order valence-corrected chi connectivity index (χ3v) is 5.52. The van der Waals surface area contributed by atoms with Gasteiger partial charge in [0.2, 0.25) is 11.8 Å². The van der Waals surface area contributed by atoms with Gasteiger partial charge in [-0.25, -0.2) is 0 Å². The Labute approximate surface area is 178 Å². The molecule has 0 spiro atoms. The predicted molar refractivity (Wildman–Crippen MR) is 113 cm³/mol. The first kappa shape index (κ1) is 23.6. The van der Waals surface area contributed by atoms with Crippen LogP contribution < -0.4 is 0 Å². The zero-order valence-corrected chi connectivity index (χ0v) is 18.2. The van der Waals surface area contributed by atoms with Crippen LogP contribution in [-0.4, -0.2) is 66.7 Å². The van der Waals surface area contributed by atoms with E-state index in [-0.39, 0.29) is 48.9 Å². The van der Waals surface area contributed by atoms with Gasteiger partial charge in [-0.15, -0.1) is 0 Å². The molecule has 0 unspecified atom stereocenters. The zero-order chi connectivity index (χ0) is 22.1. The molecule has 2 amide bonds. The number of aryl methyl sites for hydroxylation is 1. The fourth-order valence-electron chi connectivity index (χ4n) is 3.50. The highest BCUT2D eigenvalue weighted by atomic mass is 16.5. The summed E-state index contributed by atoms with van der Waals surface area (Å²) in [6, 6.07) is 7.42. The topological polar surface area (TPSA) is 84.0 Å². The number of hydrogen-bond donors (Lipinski definition) is 0. The maximum absolute atomic E-state index is 12.5. The van der Waals surface area contributed by atoms with Crippen LogP contribution in [0.25, 0.3) is 0 Å². The average Bonchev–Trinajstić information content (AvgIpc) is 2.77. The normalized spacial score (nSPS) is 14.3. The Bertz CT molecular complexity index is 751. The summed E-state index contributed by atoms with van der Waals surface area (Å²) in [4.78, 5) is 52.0. The Hall–Kier alpha value is -2.70. The van der Waals surface area contributed by atoms with Crippen molar-refractivity contribution in [3.05, 3.63) is 35.4 Å².